The van der Waals surface area contributed by atoms with Crippen molar-refractivity contribution in [2.24, 2.45) is 23.7 Å². The van der Waals surface area contributed by atoms with Crippen LogP contribution in [-0.4, -0.2) is 52.8 Å². The van der Waals surface area contributed by atoms with E-state index in [1.807, 2.05) is 54.6 Å². The Morgan fingerprint density at radius 3 is 2.25 bits per heavy atom. The molecule has 8 rings (SSSR count). The molecule has 1 aliphatic heterocycles. The fourth-order valence-electron chi connectivity index (χ4n) is 9.20. The van der Waals surface area contributed by atoms with Crippen molar-refractivity contribution >= 4 is 47.2 Å². The van der Waals surface area contributed by atoms with Crippen molar-refractivity contribution in [2.45, 2.75) is 24.2 Å². The molecule has 3 aliphatic carbocycles. The number of benzene rings is 4. The van der Waals surface area contributed by atoms with Crippen molar-refractivity contribution in [3.05, 3.63) is 138 Å². The first-order valence-corrected chi connectivity index (χ1v) is 17.0. The Kier molecular flexibility index (Phi) is 7.89. The first-order chi connectivity index (χ1) is 24.7. The molecule has 0 bridgehead atoms. The van der Waals surface area contributed by atoms with Crippen LogP contribution in [0.1, 0.15) is 35.4 Å². The van der Waals surface area contributed by atoms with Gasteiger partial charge < -0.3 is 19.9 Å². The van der Waals surface area contributed by atoms with E-state index in [1.165, 1.54) is 31.4 Å². The van der Waals surface area contributed by atoms with Crippen LogP contribution in [0.5, 0.6) is 11.5 Å². The third-order valence-corrected chi connectivity index (χ3v) is 11.3. The zero-order valence-electron chi connectivity index (χ0n) is 27.7. The first-order valence-electron chi connectivity index (χ1n) is 17.0. The number of ether oxygens (including phenoxy) is 1. The molecule has 0 radical (unpaired) electrons. The Balaban J connectivity index is 1.35. The molecule has 254 valence electrons. The number of anilines is 1. The topological polar surface area (TPSA) is 141 Å². The molecule has 10 heteroatoms. The number of hydrogen-bond acceptors (Lipinski definition) is 8. The highest BCUT2D eigenvalue weighted by Crippen LogP contribution is 2.64. The van der Waals surface area contributed by atoms with Gasteiger partial charge in [0, 0.05) is 17.4 Å². The van der Waals surface area contributed by atoms with Crippen LogP contribution < -0.4 is 15.1 Å². The van der Waals surface area contributed by atoms with E-state index in [9.17, 15) is 24.7 Å². The van der Waals surface area contributed by atoms with E-state index < -0.39 is 53.9 Å². The summed E-state index contributed by atoms with van der Waals surface area (Å²) in [6, 6.07) is 29.3. The fourth-order valence-corrected chi connectivity index (χ4v) is 9.20. The van der Waals surface area contributed by atoms with E-state index in [-0.39, 0.29) is 47.1 Å². The highest BCUT2D eigenvalue weighted by molar-refractivity contribution is 6.58. The standard InChI is InChI=1S/C41H34BNO8/c1-51-34-19-24(15-18-33(34)44)37-28-16-17-29-36(40(48)43(39(29)47)27-14-8-13-26(20-27)42(49)50)31(28)21-32-38(46)30(23-9-4-2-5-10-23)22-35(45)41(32,37)25-11-6-3-7-12-25/h2-16,18-20,22,29,31-32,36-37,44,49-50H,17,21H2,1H3/t29-,31+,32-,36-,37-,41-/m0/s1. The number of phenolic OH excluding ortho intramolecular Hbond substituents is 1. The zero-order chi connectivity index (χ0) is 35.6. The second-order valence-electron chi connectivity index (χ2n) is 13.7. The van der Waals surface area contributed by atoms with Gasteiger partial charge in [-0.05, 0) is 71.3 Å². The van der Waals surface area contributed by atoms with Crippen molar-refractivity contribution < 1.29 is 39.1 Å². The largest absolute Gasteiger partial charge is 0.504 e. The Labute approximate surface area is 294 Å². The number of Topliss-reactive ketones (excluding diaryl/α,β-unsaturated/α-hetero) is 1. The van der Waals surface area contributed by atoms with Crippen molar-refractivity contribution in [1.29, 1.82) is 0 Å². The van der Waals surface area contributed by atoms with E-state index in [4.69, 9.17) is 4.74 Å². The van der Waals surface area contributed by atoms with Gasteiger partial charge in [-0.1, -0.05) is 90.5 Å². The number of methoxy groups -OCH3 is 1. The van der Waals surface area contributed by atoms with E-state index in [0.29, 0.717) is 22.3 Å². The number of carbonyl (C=O) groups is 4. The van der Waals surface area contributed by atoms with Gasteiger partial charge in [0.05, 0.1) is 30.0 Å². The van der Waals surface area contributed by atoms with Gasteiger partial charge in [0.2, 0.25) is 11.8 Å². The van der Waals surface area contributed by atoms with Crippen LogP contribution >= 0.6 is 0 Å². The number of carbonyl (C=O) groups excluding carboxylic acids is 4. The molecule has 0 spiro atoms. The number of rotatable bonds is 6. The van der Waals surface area contributed by atoms with E-state index >= 15 is 9.59 Å². The summed E-state index contributed by atoms with van der Waals surface area (Å²) in [5, 5.41) is 30.3. The molecular weight excluding hydrogens is 645 g/mol. The number of ketones is 2. The van der Waals surface area contributed by atoms with Crippen LogP contribution in [0, 0.1) is 23.7 Å². The summed E-state index contributed by atoms with van der Waals surface area (Å²) in [5.41, 5.74) is 1.95. The minimum atomic E-state index is -1.79. The average molecular weight is 680 g/mol. The summed E-state index contributed by atoms with van der Waals surface area (Å²) in [7, 11) is -0.350. The molecule has 6 atom stereocenters. The molecular formula is C41H34BNO8. The lowest BCUT2D eigenvalue weighted by Gasteiger charge is -2.55. The molecule has 9 nitrogen and oxygen atoms in total. The number of phenols is 1. The molecule has 2 fully saturated rings. The van der Waals surface area contributed by atoms with Crippen LogP contribution in [-0.2, 0) is 24.6 Å². The maximum Gasteiger partial charge on any atom is 0.488 e. The molecule has 51 heavy (non-hydrogen) atoms. The predicted molar refractivity (Wildman–Crippen MR) is 190 cm³/mol. The molecule has 0 aromatic heterocycles. The van der Waals surface area contributed by atoms with E-state index in [0.717, 1.165) is 10.5 Å². The van der Waals surface area contributed by atoms with Crippen LogP contribution in [0.4, 0.5) is 5.69 Å². The maximum atomic E-state index is 15.1. The van der Waals surface area contributed by atoms with Gasteiger partial charge >= 0.3 is 7.12 Å². The molecule has 1 saturated carbocycles. The molecule has 0 unspecified atom stereocenters. The summed E-state index contributed by atoms with van der Waals surface area (Å²) >= 11 is 0. The molecule has 4 aliphatic rings. The highest BCUT2D eigenvalue weighted by Gasteiger charge is 2.66. The quantitative estimate of drug-likeness (QED) is 0.157. The van der Waals surface area contributed by atoms with Crippen LogP contribution in [0.2, 0.25) is 0 Å². The van der Waals surface area contributed by atoms with Gasteiger partial charge in [-0.2, -0.15) is 0 Å². The normalized spacial score (nSPS) is 26.9. The highest BCUT2D eigenvalue weighted by atomic mass is 16.5. The first kappa shape index (κ1) is 32.6. The number of aromatic hydroxyl groups is 1. The summed E-state index contributed by atoms with van der Waals surface area (Å²) in [6.45, 7) is 0. The van der Waals surface area contributed by atoms with Crippen molar-refractivity contribution in [3.63, 3.8) is 0 Å². The van der Waals surface area contributed by atoms with E-state index in [2.05, 4.69) is 0 Å². The Morgan fingerprint density at radius 1 is 0.824 bits per heavy atom. The van der Waals surface area contributed by atoms with Gasteiger partial charge in [-0.15, -0.1) is 0 Å². The second kappa shape index (κ2) is 12.3. The molecule has 3 N–H and O–H groups in total. The number of hydrogen-bond donors (Lipinski definition) is 3. The molecule has 1 saturated heterocycles. The third kappa shape index (κ3) is 4.85. The Morgan fingerprint density at radius 2 is 1.55 bits per heavy atom. The van der Waals surface area contributed by atoms with Crippen LogP contribution in [0.15, 0.2) is 121 Å². The minimum Gasteiger partial charge on any atom is -0.504 e. The van der Waals surface area contributed by atoms with Crippen LogP contribution in [0.25, 0.3) is 5.57 Å². The molecule has 4 aromatic rings. The number of amides is 2. The SMILES string of the molecule is COc1cc([C@H]2C3=CC[C@@H]4C(=O)N(c5cccc(B(O)O)c5)C(=O)[C@@H]4[C@@H]3C[C@H]3C(=O)C(c4ccccc4)=CC(=O)[C@@]23c2ccccc2)ccc1O. The maximum absolute atomic E-state index is 15.1. The number of imide groups is 1. The molecule has 4 aromatic carbocycles. The van der Waals surface area contributed by atoms with Gasteiger partial charge in [-0.25, -0.2) is 0 Å². The molecule has 2 amide bonds. The monoisotopic (exact) mass is 679 g/mol. The predicted octanol–water partition coefficient (Wildman–Crippen LogP) is 4.11. The zero-order valence-corrected chi connectivity index (χ0v) is 27.7. The van der Waals surface area contributed by atoms with Crippen LogP contribution in [0.3, 0.4) is 0 Å². The van der Waals surface area contributed by atoms with Gasteiger partial charge in [0.25, 0.3) is 0 Å². The lowest BCUT2D eigenvalue weighted by molar-refractivity contribution is -0.135. The fraction of sp³-hybridized carbons (Fsp3) is 0.220. The van der Waals surface area contributed by atoms with Gasteiger partial charge in [0.1, 0.15) is 0 Å². The summed E-state index contributed by atoms with van der Waals surface area (Å²) < 4.78 is 5.53. The van der Waals surface area contributed by atoms with E-state index in [1.54, 1.807) is 36.4 Å². The lowest BCUT2D eigenvalue weighted by atomic mass is 9.44. The smallest absolute Gasteiger partial charge is 0.488 e. The third-order valence-electron chi connectivity index (χ3n) is 11.3. The second-order valence-corrected chi connectivity index (χ2v) is 13.7. The molecule has 1 heterocycles. The Bertz CT molecular complexity index is 2160. The van der Waals surface area contributed by atoms with Crippen molar-refractivity contribution in [2.75, 3.05) is 12.0 Å². The number of nitrogens with zero attached hydrogens (tertiary/aromatic N) is 1. The van der Waals surface area contributed by atoms with Crippen molar-refractivity contribution in [1.82, 2.24) is 0 Å². The van der Waals surface area contributed by atoms with Gasteiger partial charge in [0.15, 0.2) is 23.1 Å². The Hall–Kier alpha value is -5.58. The minimum absolute atomic E-state index is 0.0867. The van der Waals surface area contributed by atoms with Gasteiger partial charge in [-0.3, -0.25) is 24.1 Å². The number of fused-ring (bicyclic) bond motifs is 4. The number of allylic oxidation sites excluding steroid dienone is 4. The summed E-state index contributed by atoms with van der Waals surface area (Å²) in [4.78, 5) is 59.9. The van der Waals surface area contributed by atoms with Crippen molar-refractivity contribution in [3.8, 4) is 11.5 Å². The summed E-state index contributed by atoms with van der Waals surface area (Å²) in [5.74, 6) is -5.00. The lowest BCUT2D eigenvalue weighted by Crippen LogP contribution is -2.58. The summed E-state index contributed by atoms with van der Waals surface area (Å²) in [6.07, 6.45) is 3.80. The average Bonchev–Trinajstić information content (AvgIpc) is 3.42.